The summed E-state index contributed by atoms with van der Waals surface area (Å²) in [7, 11) is 0. The molecule has 32 heavy (non-hydrogen) atoms. The molecule has 3 aromatic heterocycles. The van der Waals surface area contributed by atoms with E-state index < -0.39 is 0 Å². The monoisotopic (exact) mass is 433 g/mol. The molecule has 2 saturated heterocycles. The minimum Gasteiger partial charge on any atom is -0.357 e. The molecule has 0 aliphatic carbocycles. The van der Waals surface area contributed by atoms with E-state index in [4.69, 9.17) is 0 Å². The summed E-state index contributed by atoms with van der Waals surface area (Å²) in [6, 6.07) is 5.94. The number of anilines is 2. The van der Waals surface area contributed by atoms with E-state index >= 15 is 0 Å². The largest absolute Gasteiger partial charge is 0.357 e. The summed E-state index contributed by atoms with van der Waals surface area (Å²) in [6.45, 7) is 4.13. The maximum atomic E-state index is 12.9. The smallest absolute Gasteiger partial charge is 0.225 e. The molecule has 0 aromatic carbocycles. The van der Waals surface area contributed by atoms with Crippen molar-refractivity contribution in [3.63, 3.8) is 0 Å². The average Bonchev–Trinajstić information content (AvgIpc) is 3.58. The Balaban J connectivity index is 1.20. The number of aromatic nitrogens is 6. The van der Waals surface area contributed by atoms with Gasteiger partial charge in [0.15, 0.2) is 5.82 Å². The van der Waals surface area contributed by atoms with Gasteiger partial charge < -0.3 is 15.1 Å². The first-order valence-electron chi connectivity index (χ1n) is 11.2. The van der Waals surface area contributed by atoms with Gasteiger partial charge in [-0.2, -0.15) is 5.10 Å². The van der Waals surface area contributed by atoms with Crippen LogP contribution in [-0.4, -0.2) is 61.8 Å². The highest BCUT2D eigenvalue weighted by molar-refractivity contribution is 5.79. The fourth-order valence-corrected chi connectivity index (χ4v) is 4.38. The van der Waals surface area contributed by atoms with Crippen LogP contribution in [-0.2, 0) is 11.3 Å². The van der Waals surface area contributed by atoms with Gasteiger partial charge >= 0.3 is 0 Å². The van der Waals surface area contributed by atoms with Crippen molar-refractivity contribution in [3.8, 4) is 5.82 Å². The quantitative estimate of drug-likeness (QED) is 0.625. The average molecular weight is 434 g/mol. The standard InChI is InChI=1S/C22H27N9O/c32-22(25-12-17-5-6-24-19(10-17)29-7-1-2-8-29)18-4-3-9-30(13-18)20-11-21(27-15-26-20)31-16-23-14-28-31/h5-6,10-11,14-16,18H,1-4,7-9,12-13H2,(H,25,32)/t18-/m1/s1. The van der Waals surface area contributed by atoms with Crippen LogP contribution in [0.1, 0.15) is 31.2 Å². The molecule has 1 atom stereocenters. The zero-order chi connectivity index (χ0) is 21.8. The normalized spacial score (nSPS) is 18.7. The summed E-state index contributed by atoms with van der Waals surface area (Å²) in [5.74, 6) is 2.47. The molecule has 10 heteroatoms. The van der Waals surface area contributed by atoms with E-state index in [9.17, 15) is 4.79 Å². The van der Waals surface area contributed by atoms with Crippen LogP contribution in [0.25, 0.3) is 5.82 Å². The lowest BCUT2D eigenvalue weighted by molar-refractivity contribution is -0.125. The first-order chi connectivity index (χ1) is 15.8. The van der Waals surface area contributed by atoms with Crippen molar-refractivity contribution in [3.05, 3.63) is 48.9 Å². The van der Waals surface area contributed by atoms with Crippen LogP contribution in [0.2, 0.25) is 0 Å². The van der Waals surface area contributed by atoms with Crippen LogP contribution in [0, 0.1) is 5.92 Å². The molecule has 2 aliphatic heterocycles. The second-order valence-electron chi connectivity index (χ2n) is 8.29. The predicted octanol–water partition coefficient (Wildman–Crippen LogP) is 1.59. The molecule has 0 radical (unpaired) electrons. The van der Waals surface area contributed by atoms with Crippen molar-refractivity contribution >= 4 is 17.5 Å². The molecule has 0 spiro atoms. The molecule has 3 aromatic rings. The molecule has 5 rings (SSSR count). The Morgan fingerprint density at radius 2 is 1.78 bits per heavy atom. The molecular formula is C22H27N9O. The predicted molar refractivity (Wildman–Crippen MR) is 119 cm³/mol. The van der Waals surface area contributed by atoms with Gasteiger partial charge in [-0.25, -0.2) is 24.6 Å². The number of rotatable bonds is 6. The molecule has 2 fully saturated rings. The van der Waals surface area contributed by atoms with Crippen molar-refractivity contribution in [1.82, 2.24) is 35.0 Å². The van der Waals surface area contributed by atoms with E-state index in [-0.39, 0.29) is 11.8 Å². The molecule has 166 valence electrons. The van der Waals surface area contributed by atoms with Gasteiger partial charge in [-0.05, 0) is 43.4 Å². The minimum atomic E-state index is -0.0755. The number of carbonyl (C=O) groups is 1. The SMILES string of the molecule is O=C(NCc1ccnc(N2CCCC2)c1)[C@@H]1CCCN(c2cc(-n3cncn3)ncn2)C1. The number of piperidine rings is 1. The number of pyridine rings is 1. The van der Waals surface area contributed by atoms with Gasteiger partial charge in [-0.15, -0.1) is 0 Å². The van der Waals surface area contributed by atoms with E-state index in [1.165, 1.54) is 25.5 Å². The number of nitrogens with one attached hydrogen (secondary N) is 1. The van der Waals surface area contributed by atoms with Crippen molar-refractivity contribution in [2.45, 2.75) is 32.2 Å². The van der Waals surface area contributed by atoms with Crippen molar-refractivity contribution < 1.29 is 4.79 Å². The molecular weight excluding hydrogens is 406 g/mol. The van der Waals surface area contributed by atoms with E-state index in [0.717, 1.165) is 49.7 Å². The van der Waals surface area contributed by atoms with Gasteiger partial charge in [-0.3, -0.25) is 4.79 Å². The Labute approximate surface area is 186 Å². The summed E-state index contributed by atoms with van der Waals surface area (Å²) in [4.78, 5) is 34.5. The molecule has 2 aliphatic rings. The molecule has 10 nitrogen and oxygen atoms in total. The van der Waals surface area contributed by atoms with Crippen molar-refractivity contribution in [2.24, 2.45) is 5.92 Å². The molecule has 1 N–H and O–H groups in total. The van der Waals surface area contributed by atoms with E-state index in [0.29, 0.717) is 18.9 Å². The number of hydrogen-bond acceptors (Lipinski definition) is 8. The lowest BCUT2D eigenvalue weighted by atomic mass is 9.97. The Morgan fingerprint density at radius 1 is 0.969 bits per heavy atom. The third-order valence-corrected chi connectivity index (χ3v) is 6.11. The van der Waals surface area contributed by atoms with Gasteiger partial charge in [0.2, 0.25) is 5.91 Å². The van der Waals surface area contributed by atoms with E-state index in [1.54, 1.807) is 11.0 Å². The Morgan fingerprint density at radius 3 is 2.62 bits per heavy atom. The van der Waals surface area contributed by atoms with E-state index in [1.807, 2.05) is 18.3 Å². The summed E-state index contributed by atoms with van der Waals surface area (Å²) in [5, 5.41) is 7.25. The van der Waals surface area contributed by atoms with Crippen molar-refractivity contribution in [2.75, 3.05) is 36.0 Å². The summed E-state index contributed by atoms with van der Waals surface area (Å²) < 4.78 is 1.60. The first kappa shape index (κ1) is 20.3. The number of amides is 1. The Hall–Kier alpha value is -3.56. The van der Waals surface area contributed by atoms with Crippen LogP contribution in [0.3, 0.4) is 0 Å². The van der Waals surface area contributed by atoms with Gasteiger partial charge in [0, 0.05) is 45.0 Å². The maximum absolute atomic E-state index is 12.9. The Bertz CT molecular complexity index is 1050. The summed E-state index contributed by atoms with van der Waals surface area (Å²) >= 11 is 0. The number of nitrogens with zero attached hydrogens (tertiary/aromatic N) is 8. The molecule has 0 saturated carbocycles. The second kappa shape index (κ2) is 9.29. The maximum Gasteiger partial charge on any atom is 0.225 e. The lowest BCUT2D eigenvalue weighted by Gasteiger charge is -2.32. The van der Waals surface area contributed by atoms with Crippen LogP contribution in [0.4, 0.5) is 11.6 Å². The highest BCUT2D eigenvalue weighted by atomic mass is 16.1. The van der Waals surface area contributed by atoms with Gasteiger partial charge in [0.25, 0.3) is 0 Å². The van der Waals surface area contributed by atoms with Gasteiger partial charge in [0.05, 0.1) is 5.92 Å². The molecule has 1 amide bonds. The van der Waals surface area contributed by atoms with Gasteiger partial charge in [-0.1, -0.05) is 0 Å². The van der Waals surface area contributed by atoms with Crippen LogP contribution < -0.4 is 15.1 Å². The van der Waals surface area contributed by atoms with Crippen molar-refractivity contribution in [1.29, 1.82) is 0 Å². The number of hydrogen-bond donors (Lipinski definition) is 1. The zero-order valence-corrected chi connectivity index (χ0v) is 18.0. The zero-order valence-electron chi connectivity index (χ0n) is 18.0. The van der Waals surface area contributed by atoms with Crippen LogP contribution >= 0.6 is 0 Å². The van der Waals surface area contributed by atoms with Crippen LogP contribution in [0.15, 0.2) is 43.4 Å². The summed E-state index contributed by atoms with van der Waals surface area (Å²) in [6.07, 6.45) is 10.7. The highest BCUT2D eigenvalue weighted by Crippen LogP contribution is 2.23. The second-order valence-corrected chi connectivity index (χ2v) is 8.29. The van der Waals surface area contributed by atoms with Gasteiger partial charge in [0.1, 0.15) is 30.6 Å². The topological polar surface area (TPSA) is 105 Å². The van der Waals surface area contributed by atoms with Crippen LogP contribution in [0.5, 0.6) is 0 Å². The Kier molecular flexibility index (Phi) is 5.91. The van der Waals surface area contributed by atoms with E-state index in [2.05, 4.69) is 46.2 Å². The number of carbonyl (C=O) groups excluding carboxylic acids is 1. The highest BCUT2D eigenvalue weighted by Gasteiger charge is 2.27. The molecule has 0 bridgehead atoms. The third kappa shape index (κ3) is 4.53. The third-order valence-electron chi connectivity index (χ3n) is 6.11. The fraction of sp³-hybridized carbons (Fsp3) is 0.455. The molecule has 5 heterocycles. The lowest BCUT2D eigenvalue weighted by Crippen LogP contribution is -2.43. The fourth-order valence-electron chi connectivity index (χ4n) is 4.38. The minimum absolute atomic E-state index is 0.0755. The summed E-state index contributed by atoms with van der Waals surface area (Å²) in [5.41, 5.74) is 1.08. The first-order valence-corrected chi connectivity index (χ1v) is 11.2. The molecule has 0 unspecified atom stereocenters.